The number of aliphatic hydroxyl groups excluding tert-OH is 1. The van der Waals surface area contributed by atoms with Crippen molar-refractivity contribution in [3.63, 3.8) is 0 Å². The predicted octanol–water partition coefficient (Wildman–Crippen LogP) is 20.2. The molecule has 17 nitrogen and oxygen atoms in total. The fourth-order valence-corrected chi connectivity index (χ4v) is 11.9. The molecular formula is C72H136O17P2. The highest BCUT2D eigenvalue weighted by atomic mass is 31.2. The van der Waals surface area contributed by atoms with Crippen molar-refractivity contribution in [1.29, 1.82) is 0 Å². The van der Waals surface area contributed by atoms with E-state index in [4.69, 9.17) is 37.0 Å². The van der Waals surface area contributed by atoms with Crippen LogP contribution in [0.1, 0.15) is 337 Å². The normalized spacial score (nSPS) is 14.3. The van der Waals surface area contributed by atoms with Crippen LogP contribution in [0.3, 0.4) is 0 Å². The number of aliphatic hydroxyl groups is 1. The molecular weight excluding hydrogens is 1200 g/mol. The topological polar surface area (TPSA) is 237 Å². The molecule has 19 heteroatoms. The molecule has 0 heterocycles. The molecule has 0 radical (unpaired) electrons. The molecule has 0 aliphatic heterocycles. The molecule has 0 saturated heterocycles. The van der Waals surface area contributed by atoms with Crippen molar-refractivity contribution in [1.82, 2.24) is 0 Å². The van der Waals surface area contributed by atoms with Crippen molar-refractivity contribution in [3.05, 3.63) is 24.3 Å². The van der Waals surface area contributed by atoms with Crippen LogP contribution >= 0.6 is 15.6 Å². The first-order valence-electron chi connectivity index (χ1n) is 36.7. The smallest absolute Gasteiger partial charge is 0.462 e. The average molecular weight is 1340 g/mol. The molecule has 0 aromatic heterocycles. The van der Waals surface area contributed by atoms with E-state index >= 15 is 0 Å². The van der Waals surface area contributed by atoms with Crippen molar-refractivity contribution < 1.29 is 80.2 Å². The Kier molecular flexibility index (Phi) is 60.7. The van der Waals surface area contributed by atoms with Gasteiger partial charge in [0.25, 0.3) is 0 Å². The van der Waals surface area contributed by atoms with Gasteiger partial charge in [0.1, 0.15) is 19.3 Å². The fraction of sp³-hybridized carbons (Fsp3) is 0.889. The first-order valence-corrected chi connectivity index (χ1v) is 39.7. The molecule has 0 aliphatic rings. The maximum absolute atomic E-state index is 13.0. The van der Waals surface area contributed by atoms with Gasteiger partial charge in [-0.15, -0.1) is 0 Å². The minimum Gasteiger partial charge on any atom is -0.462 e. The molecule has 0 amide bonds. The Bertz CT molecular complexity index is 1880. The Balaban J connectivity index is 5.28. The summed E-state index contributed by atoms with van der Waals surface area (Å²) in [5, 5.41) is 10.6. The zero-order chi connectivity index (χ0) is 67.3. The quantitative estimate of drug-likeness (QED) is 0.0169. The molecule has 0 fully saturated rings. The number of hydrogen-bond acceptors (Lipinski definition) is 15. The summed E-state index contributed by atoms with van der Waals surface area (Å²) in [5.74, 6) is 0.0244. The van der Waals surface area contributed by atoms with E-state index in [-0.39, 0.29) is 25.7 Å². The summed E-state index contributed by atoms with van der Waals surface area (Å²) in [6.07, 6.45) is 49.6. The highest BCUT2D eigenvalue weighted by Gasteiger charge is 2.30. The molecule has 0 aromatic rings. The number of carbonyl (C=O) groups excluding carboxylic acids is 4. The molecule has 0 aromatic carbocycles. The summed E-state index contributed by atoms with van der Waals surface area (Å²) in [6, 6.07) is 0. The van der Waals surface area contributed by atoms with Gasteiger partial charge >= 0.3 is 39.5 Å². The van der Waals surface area contributed by atoms with Crippen LogP contribution in [0, 0.1) is 17.8 Å². The minimum absolute atomic E-state index is 0.0997. The monoisotopic (exact) mass is 1330 g/mol. The van der Waals surface area contributed by atoms with Crippen LogP contribution in [0.4, 0.5) is 0 Å². The van der Waals surface area contributed by atoms with E-state index in [9.17, 15) is 43.2 Å². The molecule has 0 rings (SSSR count). The first kappa shape index (κ1) is 88.5. The number of ether oxygens (including phenoxy) is 4. The van der Waals surface area contributed by atoms with Gasteiger partial charge in [-0.05, 0) is 69.1 Å². The van der Waals surface area contributed by atoms with Crippen molar-refractivity contribution in [3.8, 4) is 0 Å². The third kappa shape index (κ3) is 66.0. The third-order valence-electron chi connectivity index (χ3n) is 16.0. The molecule has 5 atom stereocenters. The minimum atomic E-state index is -4.96. The van der Waals surface area contributed by atoms with Crippen molar-refractivity contribution >= 4 is 39.5 Å². The number of unbranched alkanes of at least 4 members (excludes halogenated alkanes) is 33. The van der Waals surface area contributed by atoms with Gasteiger partial charge in [0.05, 0.1) is 26.4 Å². The zero-order valence-electron chi connectivity index (χ0n) is 58.8. The SMILES string of the molecule is CCCCCC/C=C\C=C/CCCCCCCC(=O)OC[C@H](COP(=O)(O)OCC(O)COP(=O)(O)OC[C@@H](COC(=O)CCCCCCCCCC(C)C)OC(=O)CCCCCCCCCC(C)C)OC(=O)CCCCCCCCCCCCCCCC(C)C. The van der Waals surface area contributed by atoms with E-state index < -0.39 is 97.5 Å². The number of hydrogen-bond donors (Lipinski definition) is 3. The van der Waals surface area contributed by atoms with Gasteiger partial charge in [0, 0.05) is 25.7 Å². The second kappa shape index (κ2) is 62.4. The van der Waals surface area contributed by atoms with Crippen molar-refractivity contribution in [2.75, 3.05) is 39.6 Å². The molecule has 3 unspecified atom stereocenters. The van der Waals surface area contributed by atoms with Crippen molar-refractivity contribution in [2.45, 2.75) is 356 Å². The van der Waals surface area contributed by atoms with Crippen LogP contribution in [0.25, 0.3) is 0 Å². The third-order valence-corrected chi connectivity index (χ3v) is 17.9. The number of carbonyl (C=O) groups is 4. The van der Waals surface area contributed by atoms with Gasteiger partial charge in [0.15, 0.2) is 12.2 Å². The number of phosphoric acid groups is 2. The van der Waals surface area contributed by atoms with Crippen LogP contribution in [-0.4, -0.2) is 96.7 Å². The van der Waals surface area contributed by atoms with Crippen molar-refractivity contribution in [2.24, 2.45) is 17.8 Å². The van der Waals surface area contributed by atoms with Crippen LogP contribution in [0.15, 0.2) is 24.3 Å². The highest BCUT2D eigenvalue weighted by Crippen LogP contribution is 2.45. The fourth-order valence-electron chi connectivity index (χ4n) is 10.4. The van der Waals surface area contributed by atoms with Gasteiger partial charge < -0.3 is 33.8 Å². The Labute approximate surface area is 554 Å². The molecule has 3 N–H and O–H groups in total. The van der Waals surface area contributed by atoms with Gasteiger partial charge in [0.2, 0.25) is 0 Å². The maximum atomic E-state index is 13.0. The average Bonchev–Trinajstić information content (AvgIpc) is 3.31. The Hall–Kier alpha value is -2.46. The second-order valence-electron chi connectivity index (χ2n) is 26.7. The lowest BCUT2D eigenvalue weighted by Crippen LogP contribution is -2.30. The van der Waals surface area contributed by atoms with Gasteiger partial charge in [-0.2, -0.15) is 0 Å². The second-order valence-corrected chi connectivity index (χ2v) is 29.6. The van der Waals surface area contributed by atoms with Crippen LogP contribution in [0.2, 0.25) is 0 Å². The first-order chi connectivity index (χ1) is 43.7. The lowest BCUT2D eigenvalue weighted by molar-refractivity contribution is -0.161. The summed E-state index contributed by atoms with van der Waals surface area (Å²) in [6.45, 7) is 11.7. The van der Waals surface area contributed by atoms with Crippen LogP contribution < -0.4 is 0 Å². The lowest BCUT2D eigenvalue weighted by Gasteiger charge is -2.21. The number of phosphoric ester groups is 2. The molecule has 91 heavy (non-hydrogen) atoms. The zero-order valence-corrected chi connectivity index (χ0v) is 60.6. The summed E-state index contributed by atoms with van der Waals surface area (Å²) in [5.41, 5.74) is 0. The molecule has 0 spiro atoms. The summed E-state index contributed by atoms with van der Waals surface area (Å²) < 4.78 is 68.3. The number of allylic oxidation sites excluding steroid dienone is 4. The van der Waals surface area contributed by atoms with E-state index in [0.29, 0.717) is 37.5 Å². The Morgan fingerprint density at radius 1 is 0.341 bits per heavy atom. The number of esters is 4. The van der Waals surface area contributed by atoms with E-state index in [2.05, 4.69) is 72.8 Å². The Morgan fingerprint density at radius 3 is 0.890 bits per heavy atom. The Morgan fingerprint density at radius 2 is 0.593 bits per heavy atom. The standard InChI is InChI=1S/C72H136O17P2/c1-8-9-10-11-12-13-14-15-16-19-22-25-32-39-46-53-69(74)82-59-67(88-71(76)55-48-41-33-26-23-20-17-18-21-24-29-36-43-50-63(2)3)61-86-90(78,79)84-57-66(73)58-85-91(80,81)87-62-68(89-72(77)56-49-42-35-28-31-38-45-52-65(6)7)60-83-70(75)54-47-40-34-27-30-37-44-51-64(4)5/h13-16,63-68,73H,8-12,17-62H2,1-7H3,(H,78,79)(H,80,81)/b14-13-,16-15-/t66?,67-,68-/m1/s1. The maximum Gasteiger partial charge on any atom is 0.472 e. The van der Waals surface area contributed by atoms with E-state index in [1.165, 1.54) is 122 Å². The molecule has 0 saturated carbocycles. The largest absolute Gasteiger partial charge is 0.472 e. The number of rotatable bonds is 68. The van der Waals surface area contributed by atoms with Crippen LogP contribution in [-0.2, 0) is 65.4 Å². The summed E-state index contributed by atoms with van der Waals surface area (Å²) >= 11 is 0. The van der Waals surface area contributed by atoms with Gasteiger partial charge in [-0.1, -0.05) is 285 Å². The van der Waals surface area contributed by atoms with Crippen LogP contribution in [0.5, 0.6) is 0 Å². The molecule has 0 bridgehead atoms. The molecule has 536 valence electrons. The predicted molar refractivity (Wildman–Crippen MR) is 367 cm³/mol. The summed E-state index contributed by atoms with van der Waals surface area (Å²) in [4.78, 5) is 72.6. The van der Waals surface area contributed by atoms with Gasteiger partial charge in [-0.25, -0.2) is 9.13 Å². The summed E-state index contributed by atoms with van der Waals surface area (Å²) in [7, 11) is -9.91. The van der Waals surface area contributed by atoms with Gasteiger partial charge in [-0.3, -0.25) is 37.3 Å². The van der Waals surface area contributed by atoms with E-state index in [1.54, 1.807) is 0 Å². The van der Waals surface area contributed by atoms with E-state index in [0.717, 1.165) is 121 Å². The lowest BCUT2D eigenvalue weighted by atomic mass is 10.0. The molecule has 0 aliphatic carbocycles. The van der Waals surface area contributed by atoms with E-state index in [1.807, 2.05) is 0 Å². The highest BCUT2D eigenvalue weighted by molar-refractivity contribution is 7.47.